The number of imidazole rings is 1. The third kappa shape index (κ3) is 4.98. The van der Waals surface area contributed by atoms with E-state index in [9.17, 15) is 9.65 Å². The molecule has 0 spiro atoms. The van der Waals surface area contributed by atoms with Crippen molar-refractivity contribution >= 4 is 22.8 Å². The Kier molecular flexibility index (Phi) is 7.48. The Bertz CT molecular complexity index is 1820. The van der Waals surface area contributed by atoms with Gasteiger partial charge in [-0.3, -0.25) is 4.90 Å². The fourth-order valence-corrected chi connectivity index (χ4v) is 6.96. The van der Waals surface area contributed by atoms with Gasteiger partial charge in [0.05, 0.1) is 30.3 Å². The average Bonchev–Trinajstić information content (AvgIpc) is 3.80. The summed E-state index contributed by atoms with van der Waals surface area (Å²) in [4.78, 5) is 15.0. The van der Waals surface area contributed by atoms with E-state index in [1.165, 1.54) is 12.1 Å². The van der Waals surface area contributed by atoms with E-state index in [1.54, 1.807) is 6.33 Å². The van der Waals surface area contributed by atoms with Crippen LogP contribution >= 0.6 is 0 Å². The van der Waals surface area contributed by atoms with E-state index in [4.69, 9.17) is 14.7 Å². The lowest BCUT2D eigenvalue weighted by atomic mass is 9.92. The number of ether oxygens (including phenoxy) is 1. The monoisotopic (exact) mass is 593 g/mol. The number of aromatic nitrogens is 6. The lowest BCUT2D eigenvalue weighted by Gasteiger charge is -2.49. The maximum atomic E-state index is 14.0. The number of rotatable bonds is 7. The summed E-state index contributed by atoms with van der Waals surface area (Å²) in [7, 11) is 0. The molecule has 0 unspecified atom stereocenters. The zero-order valence-electron chi connectivity index (χ0n) is 25.3. The van der Waals surface area contributed by atoms with Crippen LogP contribution in [0.15, 0.2) is 54.9 Å². The summed E-state index contributed by atoms with van der Waals surface area (Å²) in [5.74, 6) is 2.02. The molecule has 0 saturated carbocycles. The van der Waals surface area contributed by atoms with Crippen molar-refractivity contribution in [2.45, 2.75) is 70.8 Å². The predicted octanol–water partition coefficient (Wildman–Crippen LogP) is 5.05. The second-order valence-electron chi connectivity index (χ2n) is 12.0. The van der Waals surface area contributed by atoms with Crippen molar-refractivity contribution < 1.29 is 9.13 Å². The molecule has 0 aliphatic carbocycles. The lowest BCUT2D eigenvalue weighted by Crippen LogP contribution is -2.58. The molecule has 226 valence electrons. The second-order valence-corrected chi connectivity index (χ2v) is 12.0. The van der Waals surface area contributed by atoms with E-state index in [-0.39, 0.29) is 30.0 Å². The average molecular weight is 594 g/mol. The van der Waals surface area contributed by atoms with Crippen molar-refractivity contribution in [2.75, 3.05) is 24.6 Å². The Morgan fingerprint density at radius 3 is 2.50 bits per heavy atom. The molecule has 4 atom stereocenters. The van der Waals surface area contributed by atoms with E-state index in [1.807, 2.05) is 47.7 Å². The van der Waals surface area contributed by atoms with Gasteiger partial charge in [-0.1, -0.05) is 31.2 Å². The Labute approximate surface area is 255 Å². The van der Waals surface area contributed by atoms with Crippen LogP contribution in [0.5, 0.6) is 0 Å². The lowest BCUT2D eigenvalue weighted by molar-refractivity contribution is 0.0972. The molecule has 3 aromatic heterocycles. The molecular formula is C33H36FN9O. The van der Waals surface area contributed by atoms with Crippen LogP contribution in [-0.4, -0.2) is 71.9 Å². The molecule has 0 bridgehead atoms. The van der Waals surface area contributed by atoms with E-state index in [2.05, 4.69) is 44.5 Å². The van der Waals surface area contributed by atoms with Crippen LogP contribution in [0, 0.1) is 24.1 Å². The SMILES string of the molecule is CC[C@@H]1CN(c2nc3nncn3c3c2nc(C)n3C[C@@H]2CCCO2)[C@@H](C)CN1[C@H](c1ccc(F)cc1)c1ccc(C#N)cc1. The highest BCUT2D eigenvalue weighted by atomic mass is 19.1. The number of hydrogen-bond donors (Lipinski definition) is 0. The van der Waals surface area contributed by atoms with Gasteiger partial charge in [0.2, 0.25) is 0 Å². The number of piperazine rings is 1. The summed E-state index contributed by atoms with van der Waals surface area (Å²) in [5, 5.41) is 17.9. The molecule has 44 heavy (non-hydrogen) atoms. The van der Waals surface area contributed by atoms with E-state index >= 15 is 0 Å². The third-order valence-electron chi connectivity index (χ3n) is 9.22. The van der Waals surface area contributed by atoms with Gasteiger partial charge >= 0.3 is 0 Å². The van der Waals surface area contributed by atoms with Crippen LogP contribution in [0.1, 0.15) is 61.7 Å². The van der Waals surface area contributed by atoms with Crippen LogP contribution in [0.2, 0.25) is 0 Å². The molecule has 11 heteroatoms. The summed E-state index contributed by atoms with van der Waals surface area (Å²) in [6.45, 7) is 9.47. The number of halogens is 1. The first-order valence-electron chi connectivity index (χ1n) is 15.4. The van der Waals surface area contributed by atoms with Crippen molar-refractivity contribution in [1.82, 2.24) is 34.0 Å². The van der Waals surface area contributed by atoms with Crippen LogP contribution in [0.3, 0.4) is 0 Å². The fourth-order valence-electron chi connectivity index (χ4n) is 6.96. The summed E-state index contributed by atoms with van der Waals surface area (Å²) in [5.41, 5.74) is 4.48. The van der Waals surface area contributed by atoms with Crippen LogP contribution in [0.4, 0.5) is 10.2 Å². The molecule has 0 N–H and O–H groups in total. The highest BCUT2D eigenvalue weighted by Crippen LogP contribution is 2.37. The van der Waals surface area contributed by atoms with Crippen LogP contribution in [0.25, 0.3) is 16.9 Å². The van der Waals surface area contributed by atoms with Gasteiger partial charge in [-0.05, 0) is 68.5 Å². The number of fused-ring (bicyclic) bond motifs is 3. The van der Waals surface area contributed by atoms with E-state index < -0.39 is 0 Å². The summed E-state index contributed by atoms with van der Waals surface area (Å²) in [6, 6.07) is 16.9. The predicted molar refractivity (Wildman–Crippen MR) is 165 cm³/mol. The maximum Gasteiger partial charge on any atom is 0.258 e. The Morgan fingerprint density at radius 1 is 1.07 bits per heavy atom. The molecule has 5 aromatic rings. The number of nitriles is 1. The highest BCUT2D eigenvalue weighted by molar-refractivity contribution is 5.87. The second kappa shape index (κ2) is 11.6. The van der Waals surface area contributed by atoms with Gasteiger partial charge in [-0.2, -0.15) is 10.2 Å². The molecule has 2 aliphatic heterocycles. The van der Waals surface area contributed by atoms with Gasteiger partial charge in [0.15, 0.2) is 11.5 Å². The first-order valence-corrected chi connectivity index (χ1v) is 15.4. The molecule has 7 rings (SSSR count). The molecule has 2 aliphatic rings. The normalized spacial score (nSPS) is 21.7. The molecule has 10 nitrogen and oxygen atoms in total. The topological polar surface area (TPSA) is 100 Å². The molecule has 0 amide bonds. The van der Waals surface area contributed by atoms with Gasteiger partial charge in [0.25, 0.3) is 5.78 Å². The minimum atomic E-state index is -0.259. The smallest absolute Gasteiger partial charge is 0.258 e. The molecule has 2 fully saturated rings. The van der Waals surface area contributed by atoms with Gasteiger partial charge in [0, 0.05) is 31.8 Å². The van der Waals surface area contributed by atoms with E-state index in [0.717, 1.165) is 79.4 Å². The number of hydrogen-bond acceptors (Lipinski definition) is 8. The molecular weight excluding hydrogens is 557 g/mol. The standard InChI is InChI=1S/C33H36FN9O/c1-4-27-18-40(21(2)17-42(27)30(25-11-13-26(34)14-12-25)24-9-7-23(16-35)8-10-24)31-29-32(43-20-36-39-33(43)38-31)41(22(3)37-29)19-28-6-5-15-44-28/h7-14,20-21,27-28,30H,4-6,15,17-19H2,1-3H3/t21-,27+,28-,30-/m0/s1. The number of aryl methyl sites for hydroxylation is 1. The number of benzene rings is 2. The minimum Gasteiger partial charge on any atom is -0.376 e. The highest BCUT2D eigenvalue weighted by Gasteiger charge is 2.38. The first-order chi connectivity index (χ1) is 21.4. The maximum absolute atomic E-state index is 14.0. The van der Waals surface area contributed by atoms with Gasteiger partial charge in [-0.25, -0.2) is 13.8 Å². The molecule has 2 saturated heterocycles. The fraction of sp³-hybridized carbons (Fsp3) is 0.424. The molecule has 2 aromatic carbocycles. The number of nitrogens with zero attached hydrogens (tertiary/aromatic N) is 9. The quantitative estimate of drug-likeness (QED) is 0.259. The minimum absolute atomic E-state index is 0.0869. The van der Waals surface area contributed by atoms with Gasteiger partial charge in [-0.15, -0.1) is 10.2 Å². The summed E-state index contributed by atoms with van der Waals surface area (Å²) >= 11 is 0. The van der Waals surface area contributed by atoms with Crippen molar-refractivity contribution in [3.63, 3.8) is 0 Å². The van der Waals surface area contributed by atoms with Gasteiger partial charge < -0.3 is 14.2 Å². The Hall–Kier alpha value is -4.40. The van der Waals surface area contributed by atoms with Crippen molar-refractivity contribution in [2.24, 2.45) is 0 Å². The van der Waals surface area contributed by atoms with Crippen LogP contribution < -0.4 is 4.90 Å². The van der Waals surface area contributed by atoms with E-state index in [0.29, 0.717) is 11.3 Å². The zero-order chi connectivity index (χ0) is 30.4. The first kappa shape index (κ1) is 28.4. The largest absolute Gasteiger partial charge is 0.376 e. The zero-order valence-corrected chi connectivity index (χ0v) is 25.3. The summed E-state index contributed by atoms with van der Waals surface area (Å²) in [6.07, 6.45) is 4.88. The van der Waals surface area contributed by atoms with Crippen molar-refractivity contribution in [1.29, 1.82) is 5.26 Å². The van der Waals surface area contributed by atoms with Crippen molar-refractivity contribution in [3.05, 3.63) is 83.2 Å². The van der Waals surface area contributed by atoms with Crippen LogP contribution in [-0.2, 0) is 11.3 Å². The summed E-state index contributed by atoms with van der Waals surface area (Å²) < 4.78 is 24.1. The van der Waals surface area contributed by atoms with Crippen molar-refractivity contribution in [3.8, 4) is 6.07 Å². The Morgan fingerprint density at radius 2 is 1.82 bits per heavy atom. The Balaban J connectivity index is 1.28. The number of anilines is 1. The molecule has 0 radical (unpaired) electrons. The third-order valence-corrected chi connectivity index (χ3v) is 9.22. The molecule has 5 heterocycles. The van der Waals surface area contributed by atoms with Gasteiger partial charge in [0.1, 0.15) is 23.5 Å².